The molecule has 0 unspecified atom stereocenters. The van der Waals surface area contributed by atoms with Crippen LogP contribution in [0.1, 0.15) is 44.9 Å². The average Bonchev–Trinajstić information content (AvgIpc) is 3.08. The van der Waals surface area contributed by atoms with Gasteiger partial charge in [-0.2, -0.15) is 0 Å². The second kappa shape index (κ2) is 6.48. The van der Waals surface area contributed by atoms with Crippen LogP contribution in [-0.4, -0.2) is 45.8 Å². The molecule has 6 rings (SSSR count). The molecular formula is C26H54OSi5. The maximum Gasteiger partial charge on any atom is 0.225 e. The normalized spacial score (nSPS) is 41.6. The van der Waals surface area contributed by atoms with E-state index >= 15 is 0 Å². The van der Waals surface area contributed by atoms with Gasteiger partial charge in [0.25, 0.3) is 0 Å². The van der Waals surface area contributed by atoms with Gasteiger partial charge in [-0.15, -0.1) is 0 Å². The van der Waals surface area contributed by atoms with Crippen molar-refractivity contribution in [2.45, 2.75) is 137 Å². The summed E-state index contributed by atoms with van der Waals surface area (Å²) in [5.41, 5.74) is 0. The fraction of sp³-hybridized carbons (Fsp3) is 1.00. The molecule has 0 aromatic rings. The zero-order valence-corrected chi connectivity index (χ0v) is 28.7. The number of hydrogen-bond acceptors (Lipinski definition) is 1. The molecule has 6 heteroatoms. The molecule has 2 aliphatic heterocycles. The Balaban J connectivity index is 1.84. The van der Waals surface area contributed by atoms with Crippen LogP contribution in [-0.2, 0) is 4.43 Å². The van der Waals surface area contributed by atoms with Crippen LogP contribution in [0.4, 0.5) is 0 Å². The van der Waals surface area contributed by atoms with Gasteiger partial charge in [-0.05, 0) is 64.3 Å². The molecular weight excluding hydrogens is 469 g/mol. The van der Waals surface area contributed by atoms with Gasteiger partial charge in [0, 0.05) is 32.3 Å². The first-order valence-electron chi connectivity index (χ1n) is 14.0. The molecule has 4 saturated carbocycles. The lowest BCUT2D eigenvalue weighted by Crippen LogP contribution is -2.75. The Morgan fingerprint density at radius 1 is 0.531 bits per heavy atom. The van der Waals surface area contributed by atoms with E-state index in [9.17, 15) is 0 Å². The van der Waals surface area contributed by atoms with Crippen LogP contribution < -0.4 is 0 Å². The van der Waals surface area contributed by atoms with Gasteiger partial charge in [-0.3, -0.25) is 0 Å². The third kappa shape index (κ3) is 2.45. The highest BCUT2D eigenvalue weighted by molar-refractivity contribution is 7.28. The maximum atomic E-state index is 8.15. The monoisotopic (exact) mass is 522 g/mol. The lowest BCUT2D eigenvalue weighted by molar-refractivity contribution is -0.0549. The zero-order chi connectivity index (χ0) is 24.0. The van der Waals surface area contributed by atoms with E-state index in [0.717, 1.165) is 23.7 Å². The Morgan fingerprint density at radius 2 is 0.844 bits per heavy atom. The van der Waals surface area contributed by atoms with Crippen molar-refractivity contribution in [3.8, 4) is 0 Å². The van der Waals surface area contributed by atoms with Crippen molar-refractivity contribution in [2.24, 2.45) is 23.7 Å². The predicted octanol–water partition coefficient (Wildman–Crippen LogP) is 8.48. The summed E-state index contributed by atoms with van der Waals surface area (Å²) in [5, 5.41) is 0.401. The van der Waals surface area contributed by atoms with E-state index in [0.29, 0.717) is 13.8 Å². The van der Waals surface area contributed by atoms with Crippen LogP contribution >= 0.6 is 0 Å². The molecule has 6 aliphatic rings. The van der Waals surface area contributed by atoms with Crippen molar-refractivity contribution >= 4 is 40.6 Å². The van der Waals surface area contributed by atoms with Gasteiger partial charge in [0.2, 0.25) is 8.32 Å². The smallest absolute Gasteiger partial charge is 0.225 e. The predicted molar refractivity (Wildman–Crippen MR) is 155 cm³/mol. The summed E-state index contributed by atoms with van der Waals surface area (Å²) >= 11 is 0. The first-order chi connectivity index (χ1) is 14.3. The van der Waals surface area contributed by atoms with E-state index < -0.39 is 40.6 Å². The molecule has 0 amide bonds. The number of rotatable bonds is 4. The Kier molecular flexibility index (Phi) is 5.01. The van der Waals surface area contributed by atoms with Crippen LogP contribution in [0.3, 0.4) is 0 Å². The Bertz CT molecular complexity index is 710. The van der Waals surface area contributed by atoms with Crippen molar-refractivity contribution < 1.29 is 4.43 Å². The molecule has 4 bridgehead atoms. The van der Waals surface area contributed by atoms with E-state index in [1.165, 1.54) is 0 Å². The Labute approximate surface area is 205 Å². The SMILES string of the molecule is C[Si](C)(C)C1([Si](C)(C)C)CCC([Si](C)(C)C)([Si](C)(C)C)[Si]12OC21C2CC3CC(C2)CC1C3. The summed E-state index contributed by atoms with van der Waals surface area (Å²) < 4.78 is 9.46. The molecule has 0 N–H and O–H groups in total. The average molecular weight is 523 g/mol. The topological polar surface area (TPSA) is 12.5 Å². The van der Waals surface area contributed by atoms with E-state index in [4.69, 9.17) is 4.43 Å². The first kappa shape index (κ1) is 24.7. The zero-order valence-electron chi connectivity index (χ0n) is 23.7. The van der Waals surface area contributed by atoms with Gasteiger partial charge in [0.15, 0.2) is 0 Å². The molecule has 0 aromatic heterocycles. The second-order valence-electron chi connectivity index (χ2n) is 17.2. The molecule has 2 heterocycles. The molecule has 0 aromatic carbocycles. The van der Waals surface area contributed by atoms with Crippen LogP contribution in [0.25, 0.3) is 0 Å². The highest BCUT2D eigenvalue weighted by Crippen LogP contribution is 2.89. The van der Waals surface area contributed by atoms with Crippen molar-refractivity contribution in [3.63, 3.8) is 0 Å². The van der Waals surface area contributed by atoms with Crippen LogP contribution in [0.5, 0.6) is 0 Å². The highest BCUT2D eigenvalue weighted by atomic mass is 28.5. The minimum atomic E-state index is -2.00. The quantitative estimate of drug-likeness (QED) is 0.266. The molecule has 0 atom stereocenters. The summed E-state index contributed by atoms with van der Waals surface area (Å²) in [6, 6.07) is 0. The van der Waals surface area contributed by atoms with Gasteiger partial charge < -0.3 is 4.43 Å². The maximum absolute atomic E-state index is 8.15. The largest absolute Gasteiger partial charge is 0.408 e. The van der Waals surface area contributed by atoms with Gasteiger partial charge in [-0.25, -0.2) is 0 Å². The first-order valence-corrected chi connectivity index (χ1v) is 29.9. The summed E-state index contributed by atoms with van der Waals surface area (Å²) in [6.45, 7) is 33.6. The third-order valence-corrected chi connectivity index (χ3v) is 51.2. The third-order valence-electron chi connectivity index (χ3n) is 12.4. The van der Waals surface area contributed by atoms with Gasteiger partial charge >= 0.3 is 0 Å². The molecule has 2 spiro atoms. The standard InChI is InChI=1S/C26H54OSi5/c1-28(2,3)24(29(4,5)6)13-14-25(30(7,8)9,31(10,11)12)32(24)26(27-32)22-16-20-15-21(18-22)19-23(26)17-20/h20-23H,13-19H2,1-12H3. The number of hydrogen-bond donors (Lipinski definition) is 0. The van der Waals surface area contributed by atoms with E-state index in [1.54, 1.807) is 44.9 Å². The van der Waals surface area contributed by atoms with Crippen molar-refractivity contribution in [2.75, 3.05) is 0 Å². The second-order valence-corrected chi connectivity index (χ2v) is 45.7. The Hall–Kier alpha value is 1.04. The van der Waals surface area contributed by atoms with Gasteiger partial charge in [0.05, 0.1) is 5.22 Å². The van der Waals surface area contributed by atoms with Crippen molar-refractivity contribution in [3.05, 3.63) is 0 Å². The highest BCUT2D eigenvalue weighted by Gasteiger charge is 2.98. The minimum absolute atomic E-state index is 0.401. The van der Waals surface area contributed by atoms with Crippen LogP contribution in [0.15, 0.2) is 0 Å². The fourth-order valence-corrected chi connectivity index (χ4v) is 64.1. The lowest BCUT2D eigenvalue weighted by atomic mass is 9.55. The molecule has 184 valence electrons. The fourth-order valence-electron chi connectivity index (χ4n) is 12.6. The van der Waals surface area contributed by atoms with Gasteiger partial charge in [-0.1, -0.05) is 91.4 Å². The molecule has 4 aliphatic carbocycles. The summed E-state index contributed by atoms with van der Waals surface area (Å²) in [7, 11) is -7.80. The Morgan fingerprint density at radius 3 is 1.12 bits per heavy atom. The van der Waals surface area contributed by atoms with Gasteiger partial charge in [0.1, 0.15) is 0 Å². The lowest BCUT2D eigenvalue weighted by Gasteiger charge is -2.63. The summed E-state index contributed by atoms with van der Waals surface area (Å²) in [5.74, 6) is 4.01. The minimum Gasteiger partial charge on any atom is -0.408 e. The van der Waals surface area contributed by atoms with E-state index in [1.807, 2.05) is 0 Å². The van der Waals surface area contributed by atoms with Crippen molar-refractivity contribution in [1.29, 1.82) is 0 Å². The molecule has 1 nitrogen and oxygen atoms in total. The molecule has 2 saturated heterocycles. The summed E-state index contributed by atoms with van der Waals surface area (Å²) in [6.07, 6.45) is 10.9. The van der Waals surface area contributed by atoms with Crippen molar-refractivity contribution in [1.82, 2.24) is 0 Å². The van der Waals surface area contributed by atoms with E-state index in [-0.39, 0.29) is 0 Å². The van der Waals surface area contributed by atoms with E-state index in [2.05, 4.69) is 78.6 Å². The molecule has 32 heavy (non-hydrogen) atoms. The molecule has 6 fully saturated rings. The summed E-state index contributed by atoms with van der Waals surface area (Å²) in [4.78, 5) is 0. The van der Waals surface area contributed by atoms with Crippen LogP contribution in [0.2, 0.25) is 87.1 Å². The van der Waals surface area contributed by atoms with Crippen LogP contribution in [0, 0.1) is 23.7 Å². The molecule has 0 radical (unpaired) electrons.